The molecular weight excluding hydrogens is 262 g/mol. The molecule has 0 saturated carbocycles. The van der Waals surface area contributed by atoms with E-state index >= 15 is 0 Å². The molecule has 0 fully saturated rings. The lowest BCUT2D eigenvalue weighted by Gasteiger charge is -2.14. The molecule has 0 saturated heterocycles. The molecule has 0 rings (SSSR count). The summed E-state index contributed by atoms with van der Waals surface area (Å²) in [5, 5.41) is 12.0. The number of unbranched alkanes of at least 4 members (excludes halogenated alkanes) is 1. The van der Waals surface area contributed by atoms with Crippen molar-refractivity contribution in [1.82, 2.24) is 5.32 Å². The third kappa shape index (κ3) is 13.1. The van der Waals surface area contributed by atoms with Gasteiger partial charge in [-0.3, -0.25) is 4.79 Å². The van der Waals surface area contributed by atoms with Gasteiger partial charge in [0.25, 0.3) is 0 Å². The molecular formula is C18H29NO2. The number of allylic oxidation sites excluding steroid dienone is 7. The predicted molar refractivity (Wildman–Crippen MR) is 89.7 cm³/mol. The highest BCUT2D eigenvalue weighted by Crippen LogP contribution is 1.98. The summed E-state index contributed by atoms with van der Waals surface area (Å²) in [6.45, 7) is 5.82. The van der Waals surface area contributed by atoms with E-state index in [2.05, 4.69) is 36.5 Å². The molecule has 2 N–H and O–H groups in total. The molecule has 0 aliphatic heterocycles. The van der Waals surface area contributed by atoms with E-state index in [1.54, 1.807) is 6.08 Å². The van der Waals surface area contributed by atoms with Crippen molar-refractivity contribution in [3.05, 3.63) is 48.6 Å². The van der Waals surface area contributed by atoms with Crippen LogP contribution in [0, 0.1) is 5.92 Å². The quantitative estimate of drug-likeness (QED) is 0.211. The minimum absolute atomic E-state index is 0.0110. The topological polar surface area (TPSA) is 49.3 Å². The second-order valence-corrected chi connectivity index (χ2v) is 5.15. The molecule has 0 spiro atoms. The van der Waals surface area contributed by atoms with E-state index in [1.165, 1.54) is 6.08 Å². The summed E-state index contributed by atoms with van der Waals surface area (Å²) < 4.78 is 0. The van der Waals surface area contributed by atoms with Crippen molar-refractivity contribution in [2.24, 2.45) is 5.92 Å². The fourth-order valence-electron chi connectivity index (χ4n) is 1.43. The third-order valence-corrected chi connectivity index (χ3v) is 2.76. The molecule has 21 heavy (non-hydrogen) atoms. The maximum Gasteiger partial charge on any atom is 0.245 e. The standard InChI is InChI=1S/C18H29NO2/c1-4-5-6-7-8-9-10-11-12-13-14-15-17(20)19-18(21)16(2)3/h5-6,8-9,12-16,18,21H,4,7,10-11H2,1-3H3,(H,19,20)/b6-5-,9-8-,13-12+,15-14+/t18-/m0/s1. The minimum atomic E-state index is -0.793. The lowest BCUT2D eigenvalue weighted by molar-refractivity contribution is -0.120. The highest BCUT2D eigenvalue weighted by atomic mass is 16.3. The average molecular weight is 291 g/mol. The molecule has 118 valence electrons. The van der Waals surface area contributed by atoms with E-state index in [4.69, 9.17) is 0 Å². The number of carbonyl (C=O) groups excluding carboxylic acids is 1. The fraction of sp³-hybridized carbons (Fsp3) is 0.500. The lowest BCUT2D eigenvalue weighted by atomic mass is 10.2. The van der Waals surface area contributed by atoms with Gasteiger partial charge >= 0.3 is 0 Å². The Labute approximate surface area is 129 Å². The lowest BCUT2D eigenvalue weighted by Crippen LogP contribution is -2.37. The Bertz CT molecular complexity index is 379. The number of aliphatic hydroxyl groups excluding tert-OH is 1. The first-order valence-electron chi connectivity index (χ1n) is 7.69. The summed E-state index contributed by atoms with van der Waals surface area (Å²) in [4.78, 5) is 11.4. The minimum Gasteiger partial charge on any atom is -0.373 e. The number of rotatable bonds is 10. The van der Waals surface area contributed by atoms with Crippen molar-refractivity contribution in [3.63, 3.8) is 0 Å². The van der Waals surface area contributed by atoms with Crippen LogP contribution in [-0.4, -0.2) is 17.2 Å². The summed E-state index contributed by atoms with van der Waals surface area (Å²) in [7, 11) is 0. The maximum absolute atomic E-state index is 11.4. The highest BCUT2D eigenvalue weighted by Gasteiger charge is 2.09. The van der Waals surface area contributed by atoms with Gasteiger partial charge in [0.2, 0.25) is 5.91 Å². The van der Waals surface area contributed by atoms with E-state index in [0.717, 1.165) is 25.7 Å². The summed E-state index contributed by atoms with van der Waals surface area (Å²) in [5.74, 6) is -0.264. The van der Waals surface area contributed by atoms with E-state index in [1.807, 2.05) is 26.0 Å². The number of hydrogen-bond acceptors (Lipinski definition) is 2. The molecule has 0 radical (unpaired) electrons. The van der Waals surface area contributed by atoms with Gasteiger partial charge in [-0.2, -0.15) is 0 Å². The van der Waals surface area contributed by atoms with E-state index in [9.17, 15) is 9.90 Å². The van der Waals surface area contributed by atoms with Crippen LogP contribution < -0.4 is 5.32 Å². The molecule has 0 aliphatic carbocycles. The second-order valence-electron chi connectivity index (χ2n) is 5.15. The van der Waals surface area contributed by atoms with Crippen LogP contribution in [-0.2, 0) is 4.79 Å². The normalized spacial score (nSPS) is 14.1. The van der Waals surface area contributed by atoms with Gasteiger partial charge in [0.1, 0.15) is 6.23 Å². The Morgan fingerprint density at radius 3 is 2.38 bits per heavy atom. The Morgan fingerprint density at radius 2 is 1.71 bits per heavy atom. The van der Waals surface area contributed by atoms with Crippen LogP contribution in [0.1, 0.15) is 46.5 Å². The molecule has 0 aliphatic rings. The zero-order valence-electron chi connectivity index (χ0n) is 13.5. The molecule has 0 aromatic carbocycles. The molecule has 0 aromatic heterocycles. The number of amides is 1. The van der Waals surface area contributed by atoms with Crippen LogP contribution in [0.2, 0.25) is 0 Å². The van der Waals surface area contributed by atoms with Crippen LogP contribution in [0.3, 0.4) is 0 Å². The Kier molecular flexibility index (Phi) is 12.4. The largest absolute Gasteiger partial charge is 0.373 e. The highest BCUT2D eigenvalue weighted by molar-refractivity contribution is 5.87. The molecule has 0 aromatic rings. The molecule has 1 atom stereocenters. The average Bonchev–Trinajstić information content (AvgIpc) is 2.44. The number of nitrogens with one attached hydrogen (secondary N) is 1. The van der Waals surface area contributed by atoms with Crippen molar-refractivity contribution in [2.75, 3.05) is 0 Å². The first kappa shape index (κ1) is 19.4. The molecule has 1 amide bonds. The monoisotopic (exact) mass is 291 g/mol. The molecule has 0 unspecified atom stereocenters. The van der Waals surface area contributed by atoms with Gasteiger partial charge in [0.15, 0.2) is 0 Å². The smallest absolute Gasteiger partial charge is 0.245 e. The summed E-state index contributed by atoms with van der Waals surface area (Å²) in [6, 6.07) is 0. The number of hydrogen-bond donors (Lipinski definition) is 2. The van der Waals surface area contributed by atoms with Crippen molar-refractivity contribution in [3.8, 4) is 0 Å². The van der Waals surface area contributed by atoms with Gasteiger partial charge in [-0.05, 0) is 31.6 Å². The molecule has 0 bridgehead atoms. The van der Waals surface area contributed by atoms with Gasteiger partial charge in [-0.25, -0.2) is 0 Å². The fourth-order valence-corrected chi connectivity index (χ4v) is 1.43. The molecule has 3 heteroatoms. The van der Waals surface area contributed by atoms with E-state index in [-0.39, 0.29) is 11.8 Å². The van der Waals surface area contributed by atoms with E-state index in [0.29, 0.717) is 0 Å². The first-order valence-corrected chi connectivity index (χ1v) is 7.69. The van der Waals surface area contributed by atoms with Crippen LogP contribution in [0.5, 0.6) is 0 Å². The van der Waals surface area contributed by atoms with Crippen LogP contribution in [0.4, 0.5) is 0 Å². The Morgan fingerprint density at radius 1 is 1.05 bits per heavy atom. The molecule has 3 nitrogen and oxygen atoms in total. The van der Waals surface area contributed by atoms with Crippen molar-refractivity contribution >= 4 is 5.91 Å². The van der Waals surface area contributed by atoms with Gasteiger partial charge < -0.3 is 10.4 Å². The van der Waals surface area contributed by atoms with Crippen LogP contribution in [0.25, 0.3) is 0 Å². The van der Waals surface area contributed by atoms with E-state index < -0.39 is 6.23 Å². The zero-order valence-corrected chi connectivity index (χ0v) is 13.5. The van der Waals surface area contributed by atoms with Crippen molar-refractivity contribution in [2.45, 2.75) is 52.7 Å². The van der Waals surface area contributed by atoms with Crippen LogP contribution >= 0.6 is 0 Å². The van der Waals surface area contributed by atoms with Gasteiger partial charge in [0, 0.05) is 6.08 Å². The zero-order chi connectivity index (χ0) is 15.9. The maximum atomic E-state index is 11.4. The third-order valence-electron chi connectivity index (χ3n) is 2.76. The predicted octanol–water partition coefficient (Wildman–Crippen LogP) is 3.88. The molecule has 0 heterocycles. The van der Waals surface area contributed by atoms with Gasteiger partial charge in [0.05, 0.1) is 0 Å². The Hall–Kier alpha value is -1.61. The van der Waals surface area contributed by atoms with Crippen molar-refractivity contribution < 1.29 is 9.90 Å². The first-order chi connectivity index (χ1) is 10.1. The summed E-state index contributed by atoms with van der Waals surface area (Å²) in [5.41, 5.74) is 0. The Balaban J connectivity index is 3.73. The van der Waals surface area contributed by atoms with Crippen molar-refractivity contribution in [1.29, 1.82) is 0 Å². The van der Waals surface area contributed by atoms with Crippen LogP contribution in [0.15, 0.2) is 48.6 Å². The summed E-state index contributed by atoms with van der Waals surface area (Å²) in [6.07, 6.45) is 18.9. The second kappa shape index (κ2) is 13.4. The number of carbonyl (C=O) groups is 1. The summed E-state index contributed by atoms with van der Waals surface area (Å²) >= 11 is 0. The van der Waals surface area contributed by atoms with Gasteiger partial charge in [-0.15, -0.1) is 0 Å². The number of aliphatic hydroxyl groups is 1. The SMILES string of the molecule is CC/C=C\C/C=C\CC/C=C/C=C/C(=O)N[C@@H](O)C(C)C. The van der Waals surface area contributed by atoms with Gasteiger partial charge in [-0.1, -0.05) is 63.3 Å².